The van der Waals surface area contributed by atoms with E-state index in [1.165, 1.54) is 12.7 Å². The van der Waals surface area contributed by atoms with Crippen molar-refractivity contribution in [2.75, 3.05) is 20.7 Å². The lowest BCUT2D eigenvalue weighted by Gasteiger charge is -2.15. The van der Waals surface area contributed by atoms with Crippen LogP contribution in [0.15, 0.2) is 39.7 Å². The number of oxazole rings is 1. The van der Waals surface area contributed by atoms with Gasteiger partial charge < -0.3 is 14.9 Å². The molecule has 7 nitrogen and oxygen atoms in total. The summed E-state index contributed by atoms with van der Waals surface area (Å²) in [4.78, 5) is 21.6. The van der Waals surface area contributed by atoms with E-state index in [9.17, 15) is 4.79 Å². The smallest absolute Gasteiger partial charge is 0.360 e. The average molecular weight is 316 g/mol. The Labute approximate surface area is 134 Å². The van der Waals surface area contributed by atoms with Crippen molar-refractivity contribution in [3.05, 3.63) is 47.3 Å². The van der Waals surface area contributed by atoms with Crippen LogP contribution < -0.4 is 5.73 Å². The van der Waals surface area contributed by atoms with Gasteiger partial charge in [0.05, 0.1) is 20.0 Å². The van der Waals surface area contributed by atoms with Crippen molar-refractivity contribution in [1.82, 2.24) is 9.88 Å². The summed E-state index contributed by atoms with van der Waals surface area (Å²) >= 11 is 0. The molecule has 0 fully saturated rings. The second kappa shape index (κ2) is 8.09. The average Bonchev–Trinajstić information content (AvgIpc) is 2.96. The number of likely N-dealkylation sites (N-methyl/N-ethyl adjacent to an activating group) is 1. The molecule has 2 N–H and O–H groups in total. The van der Waals surface area contributed by atoms with Gasteiger partial charge >= 0.3 is 12.0 Å². The Kier molecular flexibility index (Phi) is 5.87. The van der Waals surface area contributed by atoms with Gasteiger partial charge in [0.25, 0.3) is 0 Å². The van der Waals surface area contributed by atoms with Crippen LogP contribution in [0, 0.1) is 0 Å². The Morgan fingerprint density at radius 2 is 2.17 bits per heavy atom. The maximum atomic E-state index is 11.8. The molecule has 0 aliphatic carbocycles. The van der Waals surface area contributed by atoms with Gasteiger partial charge in [-0.1, -0.05) is 30.3 Å². The number of carbonyl (C=O) groups excluding carboxylic acids is 1. The summed E-state index contributed by atoms with van der Waals surface area (Å²) in [6.07, 6.45) is 1.96. The Hall–Kier alpha value is -2.67. The molecule has 2 rings (SSSR count). The minimum absolute atomic E-state index is 0.0411. The van der Waals surface area contributed by atoms with Crippen LogP contribution in [0.5, 0.6) is 0 Å². The molecule has 0 amide bonds. The largest absolute Gasteiger partial charge is 0.464 e. The summed E-state index contributed by atoms with van der Waals surface area (Å²) in [6.45, 7) is 1.23. The Balaban J connectivity index is 2.04. The fourth-order valence-electron chi connectivity index (χ4n) is 2.11. The summed E-state index contributed by atoms with van der Waals surface area (Å²) in [5.74, 6) is -0.147. The van der Waals surface area contributed by atoms with Gasteiger partial charge in [-0.3, -0.25) is 4.90 Å². The first kappa shape index (κ1) is 16.7. The van der Waals surface area contributed by atoms with E-state index in [2.05, 4.69) is 22.1 Å². The Morgan fingerprint density at radius 1 is 1.43 bits per heavy atom. The van der Waals surface area contributed by atoms with Crippen LogP contribution >= 0.6 is 0 Å². The third-order valence-electron chi connectivity index (χ3n) is 3.29. The number of nitrogens with two attached hydrogens (primary N) is 1. The zero-order valence-electron chi connectivity index (χ0n) is 13.2. The molecule has 0 aliphatic rings. The molecule has 122 valence electrons. The second-order valence-electron chi connectivity index (χ2n) is 5.01. The van der Waals surface area contributed by atoms with Crippen molar-refractivity contribution < 1.29 is 13.9 Å². The lowest BCUT2D eigenvalue weighted by Crippen LogP contribution is -2.22. The number of aromatic nitrogens is 1. The monoisotopic (exact) mass is 316 g/mol. The third-order valence-corrected chi connectivity index (χ3v) is 3.29. The molecule has 1 aromatic heterocycles. The number of esters is 1. The van der Waals surface area contributed by atoms with Gasteiger partial charge in [-0.15, -0.1) is 0 Å². The number of nitrogens with zero attached hydrogens (tertiary/aromatic N) is 3. The number of methoxy groups -OCH3 is 1. The van der Waals surface area contributed by atoms with Crippen molar-refractivity contribution in [1.29, 1.82) is 0 Å². The highest BCUT2D eigenvalue weighted by Crippen LogP contribution is 2.19. The molecule has 0 spiro atoms. The van der Waals surface area contributed by atoms with E-state index in [-0.39, 0.29) is 11.7 Å². The number of aliphatic imine (C=N–C) groups is 1. The Bertz CT molecular complexity index is 667. The zero-order chi connectivity index (χ0) is 16.7. The fourth-order valence-corrected chi connectivity index (χ4v) is 2.11. The predicted molar refractivity (Wildman–Crippen MR) is 86.7 cm³/mol. The molecule has 0 saturated heterocycles. The highest BCUT2D eigenvalue weighted by Gasteiger charge is 2.21. The lowest BCUT2D eigenvalue weighted by molar-refractivity contribution is 0.0591. The number of benzene rings is 1. The van der Waals surface area contributed by atoms with Gasteiger partial charge in [-0.2, -0.15) is 9.98 Å². The van der Waals surface area contributed by atoms with E-state index in [0.29, 0.717) is 12.3 Å². The molecule has 23 heavy (non-hydrogen) atoms. The summed E-state index contributed by atoms with van der Waals surface area (Å²) in [5.41, 5.74) is 6.60. The first-order chi connectivity index (χ1) is 11.1. The number of hydrogen-bond donors (Lipinski definition) is 1. The van der Waals surface area contributed by atoms with Gasteiger partial charge in [0.2, 0.25) is 0 Å². The third kappa shape index (κ3) is 4.65. The van der Waals surface area contributed by atoms with Gasteiger partial charge in [0.1, 0.15) is 0 Å². The van der Waals surface area contributed by atoms with Crippen molar-refractivity contribution in [2.24, 2.45) is 10.7 Å². The van der Waals surface area contributed by atoms with Crippen LogP contribution in [-0.4, -0.2) is 42.9 Å². The molecule has 0 saturated carbocycles. The fraction of sp³-hybridized carbons (Fsp3) is 0.312. The van der Waals surface area contributed by atoms with Crippen LogP contribution in [0.25, 0.3) is 0 Å². The second-order valence-corrected chi connectivity index (χ2v) is 5.01. The van der Waals surface area contributed by atoms with Crippen LogP contribution in [0.2, 0.25) is 0 Å². The topological polar surface area (TPSA) is 93.9 Å². The van der Waals surface area contributed by atoms with Crippen LogP contribution in [0.3, 0.4) is 0 Å². The van der Waals surface area contributed by atoms with Gasteiger partial charge in [-0.25, -0.2) is 4.79 Å². The van der Waals surface area contributed by atoms with Crippen molar-refractivity contribution >= 4 is 18.3 Å². The summed E-state index contributed by atoms with van der Waals surface area (Å²) < 4.78 is 10.2. The molecule has 0 aliphatic heterocycles. The van der Waals surface area contributed by atoms with E-state index in [1.807, 2.05) is 30.1 Å². The number of ether oxygens (including phenoxy) is 1. The minimum atomic E-state index is -0.557. The van der Waals surface area contributed by atoms with Crippen molar-refractivity contribution in [3.8, 4) is 0 Å². The zero-order valence-corrected chi connectivity index (χ0v) is 13.2. The van der Waals surface area contributed by atoms with E-state index in [0.717, 1.165) is 19.3 Å². The van der Waals surface area contributed by atoms with E-state index in [4.69, 9.17) is 14.9 Å². The van der Waals surface area contributed by atoms with Crippen molar-refractivity contribution in [2.45, 2.75) is 13.0 Å². The summed E-state index contributed by atoms with van der Waals surface area (Å²) in [5, 5.41) is 0. The van der Waals surface area contributed by atoms with Gasteiger partial charge in [0, 0.05) is 6.54 Å². The van der Waals surface area contributed by atoms with Gasteiger partial charge in [0.15, 0.2) is 11.5 Å². The van der Waals surface area contributed by atoms with E-state index < -0.39 is 5.97 Å². The number of hydrogen-bond acceptors (Lipinski definition) is 6. The maximum absolute atomic E-state index is 11.8. The highest BCUT2D eigenvalue weighted by molar-refractivity contribution is 5.88. The van der Waals surface area contributed by atoms with Crippen LogP contribution in [0.4, 0.5) is 6.01 Å². The standard InChI is InChI=1S/C16H20N4O3/c1-20(9-8-12-6-4-3-5-7-12)10-13-14(15(21)22-2)19-16(23-13)18-11-17/h3-7,11H,8-10H2,1-2H3,(H2,17,18,19). The molecule has 7 heteroatoms. The number of rotatable bonds is 7. The van der Waals surface area contributed by atoms with Crippen LogP contribution in [-0.2, 0) is 17.7 Å². The molecular formula is C16H20N4O3. The molecule has 0 radical (unpaired) electrons. The summed E-state index contributed by atoms with van der Waals surface area (Å²) in [6, 6.07) is 10.2. The molecule has 2 aromatic rings. The van der Waals surface area contributed by atoms with E-state index >= 15 is 0 Å². The predicted octanol–water partition coefficient (Wildman–Crippen LogP) is 1.75. The Morgan fingerprint density at radius 3 is 2.83 bits per heavy atom. The van der Waals surface area contributed by atoms with E-state index in [1.54, 1.807) is 0 Å². The lowest BCUT2D eigenvalue weighted by atomic mass is 10.1. The SMILES string of the molecule is COC(=O)c1nc(/N=C\N)oc1CN(C)CCc1ccccc1. The first-order valence-corrected chi connectivity index (χ1v) is 7.18. The molecule has 1 heterocycles. The van der Waals surface area contributed by atoms with Gasteiger partial charge in [-0.05, 0) is 19.0 Å². The number of carbonyl (C=O) groups is 1. The maximum Gasteiger partial charge on any atom is 0.360 e. The van der Waals surface area contributed by atoms with Crippen LogP contribution in [0.1, 0.15) is 21.8 Å². The molecule has 0 atom stereocenters. The quantitative estimate of drug-likeness (QED) is 0.475. The first-order valence-electron chi connectivity index (χ1n) is 7.18. The minimum Gasteiger partial charge on any atom is -0.464 e. The normalized spacial score (nSPS) is 11.3. The molecule has 1 aromatic carbocycles. The highest BCUT2D eigenvalue weighted by atomic mass is 16.5. The molecule has 0 bridgehead atoms. The van der Waals surface area contributed by atoms with Crippen molar-refractivity contribution in [3.63, 3.8) is 0 Å². The molecule has 0 unspecified atom stereocenters. The summed E-state index contributed by atoms with van der Waals surface area (Å²) in [7, 11) is 3.24. The molecular weight excluding hydrogens is 296 g/mol.